The molecule has 51 heavy (non-hydrogen) atoms. The van der Waals surface area contributed by atoms with Crippen LogP contribution in [0.4, 0.5) is 0 Å². The van der Waals surface area contributed by atoms with E-state index < -0.39 is 0 Å². The molecule has 0 aromatic heterocycles. The Bertz CT molecular complexity index is 1070. The Balaban J connectivity index is 0.000000297. The van der Waals surface area contributed by atoms with Crippen molar-refractivity contribution < 1.29 is 17.1 Å². The van der Waals surface area contributed by atoms with Crippen molar-refractivity contribution in [2.24, 2.45) is 47.3 Å². The number of rotatable bonds is 0. The van der Waals surface area contributed by atoms with Gasteiger partial charge in [-0.15, -0.1) is 5.92 Å². The van der Waals surface area contributed by atoms with Crippen LogP contribution < -0.4 is 42.5 Å². The normalized spacial score (nSPS) is 47.4. The second kappa shape index (κ2) is 15.9. The van der Waals surface area contributed by atoms with Gasteiger partial charge >= 0.3 is 17.1 Å². The van der Waals surface area contributed by atoms with E-state index in [9.17, 15) is 0 Å². The molecule has 1 radical (unpaired) electrons. The molecular weight excluding hydrogens is 680 g/mol. The molecule has 5 saturated heterocycles. The Labute approximate surface area is 320 Å². The number of hydrogen-bond donors (Lipinski definition) is 8. The van der Waals surface area contributed by atoms with Crippen molar-refractivity contribution in [1.82, 2.24) is 42.5 Å². The molecule has 287 valence electrons. The number of fused-ring (bicyclic) bond motifs is 20. The summed E-state index contributed by atoms with van der Waals surface area (Å²) in [6, 6.07) is 11.1. The maximum atomic E-state index is 4.25. The van der Waals surface area contributed by atoms with Gasteiger partial charge in [0.1, 0.15) is 0 Å². The quantitative estimate of drug-likeness (QED) is 0.136. The number of nitrogens with one attached hydrogen (secondary N) is 8. The van der Waals surface area contributed by atoms with Gasteiger partial charge in [-0.1, -0.05) is 72.1 Å². The van der Waals surface area contributed by atoms with E-state index in [1.54, 1.807) is 0 Å². The largest absolute Gasteiger partial charge is 2.00 e. The van der Waals surface area contributed by atoms with Crippen molar-refractivity contribution in [3.63, 3.8) is 0 Å². The van der Waals surface area contributed by atoms with Gasteiger partial charge in [0.2, 0.25) is 0 Å². The Morgan fingerprint density at radius 3 is 1.12 bits per heavy atom. The van der Waals surface area contributed by atoms with Crippen LogP contribution in [-0.4, -0.2) is 49.3 Å². The molecule has 16 unspecified atom stereocenters. The zero-order valence-corrected chi connectivity index (χ0v) is 32.5. The first-order chi connectivity index (χ1) is 24.4. The van der Waals surface area contributed by atoms with Crippen LogP contribution in [0.2, 0.25) is 0 Å². The van der Waals surface area contributed by atoms with Crippen molar-refractivity contribution in [3.05, 3.63) is 42.3 Å². The smallest absolute Gasteiger partial charge is 0.322 e. The first kappa shape index (κ1) is 37.3. The predicted octanol–water partition coefficient (Wildman–Crippen LogP) is 5.20. The molecule has 5 aliphatic heterocycles. The monoisotopic (exact) mass is 747 g/mol. The van der Waals surface area contributed by atoms with Gasteiger partial charge in [0.05, 0.1) is 43.2 Å². The second-order valence-corrected chi connectivity index (χ2v) is 18.9. The molecule has 1 aromatic carbocycles. The topological polar surface area (TPSA) is 96.2 Å². The van der Waals surface area contributed by atoms with Gasteiger partial charge in [-0.25, -0.2) is 0 Å². The molecule has 10 rings (SSSR count). The van der Waals surface area contributed by atoms with Gasteiger partial charge < -0.3 is 6.42 Å². The summed E-state index contributed by atoms with van der Waals surface area (Å²) in [7, 11) is 0. The van der Waals surface area contributed by atoms with Crippen molar-refractivity contribution in [1.29, 1.82) is 0 Å². The molecule has 9 aliphatic rings. The summed E-state index contributed by atoms with van der Waals surface area (Å²) in [5.41, 5.74) is 1.64. The molecule has 4 saturated carbocycles. The molecule has 16 atom stereocenters. The molecule has 9 fully saturated rings. The predicted molar refractivity (Wildman–Crippen MR) is 201 cm³/mol. The maximum absolute atomic E-state index is 4.25. The van der Waals surface area contributed by atoms with Crippen LogP contribution in [0.5, 0.6) is 0 Å². The molecule has 0 spiro atoms. The van der Waals surface area contributed by atoms with Crippen LogP contribution >= 0.6 is 0 Å². The van der Waals surface area contributed by atoms with E-state index in [1.165, 1.54) is 102 Å². The molecule has 9 heteroatoms. The summed E-state index contributed by atoms with van der Waals surface area (Å²) in [4.78, 5) is 0. The van der Waals surface area contributed by atoms with Gasteiger partial charge in [0.15, 0.2) is 0 Å². The summed E-state index contributed by atoms with van der Waals surface area (Å²) in [5, 5.41) is 33.7. The third-order valence-corrected chi connectivity index (χ3v) is 15.1. The summed E-state index contributed by atoms with van der Waals surface area (Å²) in [6.07, 6.45) is 26.4. The Kier molecular flexibility index (Phi) is 11.6. The van der Waals surface area contributed by atoms with Crippen molar-refractivity contribution in [3.8, 4) is 0 Å². The van der Waals surface area contributed by atoms with Crippen LogP contribution in [0.3, 0.4) is 0 Å². The molecule has 0 amide bonds. The molecule has 8 bridgehead atoms. The minimum absolute atomic E-state index is 0. The van der Waals surface area contributed by atoms with Crippen LogP contribution in [0.25, 0.3) is 0 Å². The van der Waals surface area contributed by atoms with E-state index >= 15 is 0 Å². The fourth-order valence-corrected chi connectivity index (χ4v) is 12.6. The van der Waals surface area contributed by atoms with E-state index in [0.29, 0.717) is 61.2 Å². The van der Waals surface area contributed by atoms with Crippen LogP contribution in [0, 0.1) is 59.8 Å². The first-order valence-electron chi connectivity index (χ1n) is 21.3. The Morgan fingerprint density at radius 1 is 0.471 bits per heavy atom. The van der Waals surface area contributed by atoms with Gasteiger partial charge in [-0.2, -0.15) is 42.3 Å². The molecule has 8 nitrogen and oxygen atoms in total. The zero-order valence-electron chi connectivity index (χ0n) is 31.5. The minimum atomic E-state index is 0. The van der Waals surface area contributed by atoms with Crippen LogP contribution in [-0.2, 0) is 22.5 Å². The summed E-state index contributed by atoms with van der Waals surface area (Å²) < 4.78 is 0. The van der Waals surface area contributed by atoms with Crippen molar-refractivity contribution in [2.75, 3.05) is 0 Å². The number of benzene rings is 1. The third-order valence-electron chi connectivity index (χ3n) is 15.1. The summed E-state index contributed by atoms with van der Waals surface area (Å²) in [6.45, 7) is 6.63. The average molecular weight is 749 g/mol. The Morgan fingerprint density at radius 2 is 0.784 bits per heavy atom. The van der Waals surface area contributed by atoms with Crippen molar-refractivity contribution in [2.45, 2.75) is 172 Å². The summed E-state index contributed by atoms with van der Waals surface area (Å²) in [5.74, 6) is 5.74. The van der Waals surface area contributed by atoms with Gasteiger partial charge in [-0.05, 0) is 85.4 Å². The van der Waals surface area contributed by atoms with Crippen molar-refractivity contribution >= 4 is 0 Å². The fourth-order valence-electron chi connectivity index (χ4n) is 12.6. The van der Waals surface area contributed by atoms with E-state index in [4.69, 9.17) is 0 Å². The molecular formula is C42H68CuN8. The first-order valence-corrected chi connectivity index (χ1v) is 21.3. The van der Waals surface area contributed by atoms with Gasteiger partial charge in [0.25, 0.3) is 0 Å². The van der Waals surface area contributed by atoms with E-state index in [2.05, 4.69) is 87.9 Å². The van der Waals surface area contributed by atoms with E-state index in [0.717, 1.165) is 35.5 Å². The van der Waals surface area contributed by atoms with Crippen LogP contribution in [0.1, 0.15) is 123 Å². The minimum Gasteiger partial charge on any atom is -0.322 e. The van der Waals surface area contributed by atoms with E-state index in [-0.39, 0.29) is 22.5 Å². The molecule has 8 N–H and O–H groups in total. The van der Waals surface area contributed by atoms with E-state index in [1.807, 2.05) is 12.1 Å². The molecule has 5 heterocycles. The third kappa shape index (κ3) is 7.54. The Hall–Kier alpha value is -0.581. The van der Waals surface area contributed by atoms with Gasteiger partial charge in [-0.3, -0.25) is 42.5 Å². The fraction of sp³-hybridized carbons (Fsp3) is 0.833. The maximum Gasteiger partial charge on any atom is 2.00 e. The average Bonchev–Trinajstić information content (AvgIpc) is 3.88. The van der Waals surface area contributed by atoms with Gasteiger partial charge in [0, 0.05) is 6.17 Å². The zero-order chi connectivity index (χ0) is 33.8. The number of hydrogen-bond acceptors (Lipinski definition) is 8. The standard InChI is InChI=1S/C32H55N8.C10H13.Cu/c1-2-10-18-17(9-1)25-33-26(18)38-28-21-13-5-6-14-22(21)30(35-28)40-32-24-16-8-7-15-23(24)31(36-32)39-29-20-12-4-3-11-19(20)27(34-29)37-25;1-10(2,3)9-7-5-4-6-8-9;/h9,17-40H,1-8,10-16H2;5-8H,1-3H3;/q2*-1;+2. The molecule has 4 aliphatic carbocycles. The van der Waals surface area contributed by atoms with Crippen LogP contribution in [0.15, 0.2) is 24.3 Å². The second-order valence-electron chi connectivity index (χ2n) is 18.9. The molecule has 1 aromatic rings. The summed E-state index contributed by atoms with van der Waals surface area (Å²) >= 11 is 0. The SMILES string of the molecule is CC(C)(C)c1cc[c-]cc1.[CH-]1CCCC2C3NC(NC4NC(NC5NC(NC6NC(N3)C3CCCCC63)C3CCCCC53)C3CCCCC43)C12.[Cu+2].